The molecule has 0 aliphatic carbocycles. The fraction of sp³-hybridized carbons (Fsp3) is 0.538. The van der Waals surface area contributed by atoms with E-state index in [0.717, 1.165) is 5.56 Å². The molecule has 0 bridgehead atoms. The molecule has 1 aromatic rings. The second-order valence-corrected chi connectivity index (χ2v) is 7.15. The zero-order valence-electron chi connectivity index (χ0n) is 14.9. The summed E-state index contributed by atoms with van der Waals surface area (Å²) in [5.41, 5.74) is 0.965. The quantitative estimate of drug-likeness (QED) is 0.306. The molecular formula is C13H7F14NO4S. The van der Waals surface area contributed by atoms with Gasteiger partial charge < -0.3 is 0 Å². The fourth-order valence-electron chi connectivity index (χ4n) is 1.61. The zero-order valence-corrected chi connectivity index (χ0v) is 15.7. The first-order valence-corrected chi connectivity index (χ1v) is 8.74. The summed E-state index contributed by atoms with van der Waals surface area (Å²) in [7, 11) is -7.77. The number of benzene rings is 1. The first-order valence-electron chi connectivity index (χ1n) is 7.33. The van der Waals surface area contributed by atoms with Gasteiger partial charge in [0.1, 0.15) is 6.54 Å². The minimum absolute atomic E-state index is 0.279. The molecule has 0 N–H and O–H groups in total. The topological polar surface area (TPSA) is 72.8 Å². The Hall–Kier alpha value is -2.25. The second kappa shape index (κ2) is 9.55. The van der Waals surface area contributed by atoms with Crippen LogP contribution in [0.4, 0.5) is 61.6 Å². The number of nitroso groups, excluding NO2 is 1. The average molecular weight is 539 g/mol. The number of hydrogen-bond acceptors (Lipinski definition) is 5. The van der Waals surface area contributed by atoms with Gasteiger partial charge in [-0.2, -0.15) is 70.4 Å². The molecule has 33 heavy (non-hydrogen) atoms. The number of hydrogen-bond donors (Lipinski definition) is 0. The number of nitrogens with zero attached hydrogens (tertiary/aromatic N) is 1. The molecular weight excluding hydrogens is 532 g/mol. The molecule has 0 aliphatic rings. The van der Waals surface area contributed by atoms with Gasteiger partial charge in [-0.15, -0.1) is 0 Å². The minimum atomic E-state index is -8.34. The zero-order chi connectivity index (χ0) is 26.7. The highest BCUT2D eigenvalue weighted by molar-refractivity contribution is 7.87. The first-order chi connectivity index (χ1) is 14.5. The highest BCUT2D eigenvalue weighted by atomic mass is 32.2. The van der Waals surface area contributed by atoms with Crippen molar-refractivity contribution in [2.75, 3.05) is 0 Å². The SMILES string of the molecule is O=NCc1ccccc1.O=S(=O)(OF)C(F)(F)C(F)(F)C(F)(F)C(F)(F)C(F)(F)C(F)(F)F. The largest absolute Gasteiger partial charge is 0.460 e. The molecule has 5 nitrogen and oxygen atoms in total. The van der Waals surface area contributed by atoms with E-state index in [0.29, 0.717) is 0 Å². The van der Waals surface area contributed by atoms with Crippen molar-refractivity contribution in [2.24, 2.45) is 5.18 Å². The van der Waals surface area contributed by atoms with Crippen LogP contribution in [0.2, 0.25) is 0 Å². The molecule has 1 rings (SSSR count). The van der Waals surface area contributed by atoms with Crippen LogP contribution in [0.5, 0.6) is 0 Å². The third-order valence-corrected chi connectivity index (χ3v) is 4.44. The minimum Gasteiger partial charge on any atom is -0.192 e. The molecule has 20 heteroatoms. The van der Waals surface area contributed by atoms with E-state index in [2.05, 4.69) is 5.18 Å². The standard InChI is InChI=1S/C7H7NO.C6F14O3S/c9-8-6-7-4-2-1-3-5-7;7-1(8,3(11,12)5(15,16)17)2(9,10)4(13,14)6(18,19)24(21,22)23-20/h1-5H,6H2;. The predicted octanol–water partition coefficient (Wildman–Crippen LogP) is 5.87. The van der Waals surface area contributed by atoms with E-state index in [1.54, 1.807) is 0 Å². The summed E-state index contributed by atoms with van der Waals surface area (Å²) in [6.45, 7) is 0.279. The van der Waals surface area contributed by atoms with Crippen molar-refractivity contribution in [3.63, 3.8) is 0 Å². The van der Waals surface area contributed by atoms with Crippen LogP contribution in [-0.2, 0) is 21.1 Å². The van der Waals surface area contributed by atoms with E-state index in [4.69, 9.17) is 0 Å². The lowest BCUT2D eigenvalue weighted by Crippen LogP contribution is -2.71. The van der Waals surface area contributed by atoms with Crippen LogP contribution < -0.4 is 0 Å². The Morgan fingerprint density at radius 3 is 1.42 bits per heavy atom. The van der Waals surface area contributed by atoms with Gasteiger partial charge in [-0.05, 0) is 10.1 Å². The normalized spacial score (nSPS) is 14.4. The van der Waals surface area contributed by atoms with Crippen molar-refractivity contribution in [3.8, 4) is 0 Å². The maximum Gasteiger partial charge on any atom is 0.460 e. The van der Waals surface area contributed by atoms with Gasteiger partial charge in [0.25, 0.3) is 0 Å². The molecule has 0 saturated carbocycles. The Bertz CT molecular complexity index is 901. The van der Waals surface area contributed by atoms with Crippen molar-refractivity contribution in [3.05, 3.63) is 40.8 Å². The van der Waals surface area contributed by atoms with Crippen molar-refractivity contribution in [1.29, 1.82) is 0 Å². The van der Waals surface area contributed by atoms with E-state index < -0.39 is 45.2 Å². The van der Waals surface area contributed by atoms with Gasteiger partial charge in [0.15, 0.2) is 0 Å². The van der Waals surface area contributed by atoms with E-state index >= 15 is 0 Å². The number of rotatable bonds is 8. The average Bonchev–Trinajstić information content (AvgIpc) is 2.68. The third kappa shape index (κ3) is 5.30. The lowest BCUT2D eigenvalue weighted by molar-refractivity contribution is -0.433. The molecule has 0 aromatic heterocycles. The molecule has 0 radical (unpaired) electrons. The first kappa shape index (κ1) is 30.8. The molecule has 192 valence electrons. The van der Waals surface area contributed by atoms with Crippen LogP contribution in [0.1, 0.15) is 5.56 Å². The summed E-state index contributed by atoms with van der Waals surface area (Å²) in [6.07, 6.45) is -7.64. The van der Waals surface area contributed by atoms with Crippen molar-refractivity contribution < 1.29 is 74.4 Å². The Morgan fingerprint density at radius 2 is 1.09 bits per heavy atom. The monoisotopic (exact) mass is 539 g/mol. The Balaban J connectivity index is 0.000000938. The van der Waals surface area contributed by atoms with Gasteiger partial charge in [-0.3, -0.25) is 0 Å². The molecule has 0 heterocycles. The molecule has 0 saturated heterocycles. The Morgan fingerprint density at radius 1 is 0.697 bits per heavy atom. The fourth-order valence-corrected chi connectivity index (χ4v) is 2.13. The summed E-state index contributed by atoms with van der Waals surface area (Å²) in [5.74, 6) is -32.8. The number of alkyl halides is 13. The summed E-state index contributed by atoms with van der Waals surface area (Å²) in [4.78, 5) is 9.72. The molecule has 0 aliphatic heterocycles. The van der Waals surface area contributed by atoms with Crippen molar-refractivity contribution in [1.82, 2.24) is 0 Å². The van der Waals surface area contributed by atoms with Crippen LogP contribution in [0, 0.1) is 4.91 Å². The van der Waals surface area contributed by atoms with E-state index in [1.807, 2.05) is 30.3 Å². The number of halogens is 14. The summed E-state index contributed by atoms with van der Waals surface area (Å²) < 4.78 is 194. The third-order valence-electron chi connectivity index (χ3n) is 3.39. The van der Waals surface area contributed by atoms with Gasteiger partial charge >= 0.3 is 45.2 Å². The lowest BCUT2D eigenvalue weighted by Gasteiger charge is -2.38. The molecule has 0 fully saturated rings. The maximum absolute atomic E-state index is 12.8. The maximum atomic E-state index is 12.8. The van der Waals surface area contributed by atoms with E-state index in [-0.39, 0.29) is 6.54 Å². The summed E-state index contributed by atoms with van der Waals surface area (Å²) in [6, 6.07) is 9.44. The highest BCUT2D eigenvalue weighted by Crippen LogP contribution is 2.61. The molecule has 0 amide bonds. The van der Waals surface area contributed by atoms with Crippen LogP contribution in [0.3, 0.4) is 0 Å². The van der Waals surface area contributed by atoms with Gasteiger partial charge in [0.2, 0.25) is 0 Å². The smallest absolute Gasteiger partial charge is 0.192 e. The summed E-state index contributed by atoms with van der Waals surface area (Å²) >= 11 is 0. The highest BCUT2D eigenvalue weighted by Gasteiger charge is 2.92. The van der Waals surface area contributed by atoms with Crippen molar-refractivity contribution in [2.45, 2.75) is 41.7 Å². The van der Waals surface area contributed by atoms with Crippen LogP contribution in [0.25, 0.3) is 0 Å². The van der Waals surface area contributed by atoms with Gasteiger partial charge in [-0.25, -0.2) is 0 Å². The Labute approximate surface area is 173 Å². The summed E-state index contributed by atoms with van der Waals surface area (Å²) in [5, 5.41) is -4.91. The van der Waals surface area contributed by atoms with E-state index in [9.17, 15) is 74.9 Å². The lowest BCUT2D eigenvalue weighted by atomic mass is 9.98. The molecule has 1 aromatic carbocycles. The molecule has 0 atom stereocenters. The van der Waals surface area contributed by atoms with Crippen LogP contribution in [-0.4, -0.2) is 43.5 Å². The second-order valence-electron chi connectivity index (χ2n) is 5.60. The molecule has 0 spiro atoms. The van der Waals surface area contributed by atoms with Gasteiger partial charge in [0, 0.05) is 0 Å². The predicted molar refractivity (Wildman–Crippen MR) is 77.8 cm³/mol. The van der Waals surface area contributed by atoms with Gasteiger partial charge in [0.05, 0.1) is 0 Å². The van der Waals surface area contributed by atoms with Gasteiger partial charge in [-0.1, -0.05) is 39.9 Å². The van der Waals surface area contributed by atoms with Crippen LogP contribution >= 0.6 is 0 Å². The Kier molecular flexibility index (Phi) is 8.90. The van der Waals surface area contributed by atoms with Crippen molar-refractivity contribution >= 4 is 10.1 Å². The van der Waals surface area contributed by atoms with Crippen LogP contribution in [0.15, 0.2) is 35.5 Å². The molecule has 0 unspecified atom stereocenters. The van der Waals surface area contributed by atoms with E-state index in [1.165, 1.54) is 4.39 Å².